The molecule has 0 aliphatic rings. The summed E-state index contributed by atoms with van der Waals surface area (Å²) in [5.41, 5.74) is 0.721. The molecule has 0 saturated carbocycles. The number of amides is 2. The molecule has 0 unspecified atom stereocenters. The van der Waals surface area contributed by atoms with Crippen molar-refractivity contribution in [1.29, 1.82) is 0 Å². The minimum Gasteiger partial charge on any atom is -0.345 e. The lowest BCUT2D eigenvalue weighted by molar-refractivity contribution is -0.128. The van der Waals surface area contributed by atoms with E-state index in [1.807, 2.05) is 25.1 Å². The molecule has 104 valence electrons. The summed E-state index contributed by atoms with van der Waals surface area (Å²) in [4.78, 5) is 24.7. The van der Waals surface area contributed by atoms with Gasteiger partial charge in [-0.3, -0.25) is 14.9 Å². The van der Waals surface area contributed by atoms with Crippen LogP contribution in [-0.4, -0.2) is 43.4 Å². The molecule has 1 aromatic carbocycles. The number of nitrogens with one attached hydrogen (secondary N) is 2. The Morgan fingerprint density at radius 1 is 1.32 bits per heavy atom. The van der Waals surface area contributed by atoms with Crippen molar-refractivity contribution in [3.63, 3.8) is 0 Å². The molecule has 1 aromatic rings. The first-order chi connectivity index (χ1) is 9.02. The molecular weight excluding hydrogens is 310 g/mol. The molecule has 0 heterocycles. The zero-order valence-electron chi connectivity index (χ0n) is 11.1. The van der Waals surface area contributed by atoms with Crippen LogP contribution in [0.1, 0.15) is 6.92 Å². The average molecular weight is 328 g/mol. The number of halogens is 1. The van der Waals surface area contributed by atoms with Gasteiger partial charge in [0.25, 0.3) is 0 Å². The lowest BCUT2D eigenvalue weighted by atomic mass is 10.3. The average Bonchev–Trinajstić information content (AvgIpc) is 2.37. The molecular formula is C13H18BrN3O2. The van der Waals surface area contributed by atoms with Gasteiger partial charge in [-0.25, -0.2) is 0 Å². The van der Waals surface area contributed by atoms with E-state index in [0.717, 1.165) is 10.2 Å². The minimum atomic E-state index is -0.176. The largest absolute Gasteiger partial charge is 0.345 e. The number of anilines is 1. The second-order valence-corrected chi connectivity index (χ2v) is 4.99. The Kier molecular flexibility index (Phi) is 6.52. The molecule has 0 aromatic heterocycles. The van der Waals surface area contributed by atoms with E-state index >= 15 is 0 Å². The van der Waals surface area contributed by atoms with Gasteiger partial charge in [0.1, 0.15) is 0 Å². The van der Waals surface area contributed by atoms with Gasteiger partial charge in [-0.05, 0) is 25.1 Å². The Balaban J connectivity index is 2.31. The van der Waals surface area contributed by atoms with Crippen molar-refractivity contribution in [2.75, 3.05) is 32.0 Å². The summed E-state index contributed by atoms with van der Waals surface area (Å²) in [5.74, 6) is -0.206. The molecule has 0 fully saturated rings. The highest BCUT2D eigenvalue weighted by atomic mass is 79.9. The zero-order valence-corrected chi connectivity index (χ0v) is 12.7. The fraction of sp³-hybridized carbons (Fsp3) is 0.385. The molecule has 0 atom stereocenters. The summed E-state index contributed by atoms with van der Waals surface area (Å²) in [7, 11) is 1.73. The predicted molar refractivity (Wildman–Crippen MR) is 79.0 cm³/mol. The number of carbonyl (C=O) groups excluding carboxylic acids is 2. The molecule has 19 heavy (non-hydrogen) atoms. The standard InChI is InChI=1S/C13H18BrN3O2/c1-3-17(2)13(19)9-15-8-12(18)16-11-6-4-5-10(14)7-11/h4-7,15H,3,8-9H2,1-2H3,(H,16,18). The maximum atomic E-state index is 11.6. The van der Waals surface area contributed by atoms with Gasteiger partial charge in [0.05, 0.1) is 13.1 Å². The van der Waals surface area contributed by atoms with E-state index < -0.39 is 0 Å². The first-order valence-corrected chi connectivity index (χ1v) is 6.82. The monoisotopic (exact) mass is 327 g/mol. The Morgan fingerprint density at radius 3 is 2.68 bits per heavy atom. The van der Waals surface area contributed by atoms with Crippen LogP contribution in [0, 0.1) is 0 Å². The number of hydrogen-bond acceptors (Lipinski definition) is 3. The first kappa shape index (κ1) is 15.7. The zero-order chi connectivity index (χ0) is 14.3. The second kappa shape index (κ2) is 7.91. The predicted octanol–water partition coefficient (Wildman–Crippen LogP) is 1.46. The molecule has 0 bridgehead atoms. The smallest absolute Gasteiger partial charge is 0.238 e. The molecule has 5 nitrogen and oxygen atoms in total. The van der Waals surface area contributed by atoms with E-state index in [2.05, 4.69) is 26.6 Å². The molecule has 0 spiro atoms. The molecule has 0 aliphatic heterocycles. The van der Waals surface area contributed by atoms with Crippen LogP contribution in [-0.2, 0) is 9.59 Å². The van der Waals surface area contributed by atoms with Crippen LogP contribution in [0.4, 0.5) is 5.69 Å². The molecule has 1 rings (SSSR count). The van der Waals surface area contributed by atoms with Gasteiger partial charge in [-0.1, -0.05) is 22.0 Å². The molecule has 0 radical (unpaired) electrons. The third-order valence-corrected chi connectivity index (χ3v) is 3.06. The summed E-state index contributed by atoms with van der Waals surface area (Å²) in [5, 5.41) is 5.56. The van der Waals surface area contributed by atoms with Crippen LogP contribution in [0.3, 0.4) is 0 Å². The van der Waals surface area contributed by atoms with Crippen molar-refractivity contribution in [3.05, 3.63) is 28.7 Å². The Labute approximate surface area is 121 Å². The number of hydrogen-bond donors (Lipinski definition) is 2. The summed E-state index contributed by atoms with van der Waals surface area (Å²) < 4.78 is 0.901. The molecule has 0 saturated heterocycles. The van der Waals surface area contributed by atoms with Crippen LogP contribution < -0.4 is 10.6 Å². The Bertz CT molecular complexity index is 451. The Morgan fingerprint density at radius 2 is 2.05 bits per heavy atom. The summed E-state index contributed by atoms with van der Waals surface area (Å²) in [6.45, 7) is 2.83. The Hall–Kier alpha value is -1.40. The van der Waals surface area contributed by atoms with Crippen molar-refractivity contribution < 1.29 is 9.59 Å². The number of nitrogens with zero attached hydrogens (tertiary/aromatic N) is 1. The lowest BCUT2D eigenvalue weighted by Crippen LogP contribution is -2.38. The highest BCUT2D eigenvalue weighted by Crippen LogP contribution is 2.15. The van der Waals surface area contributed by atoms with Gasteiger partial charge in [0.2, 0.25) is 11.8 Å². The second-order valence-electron chi connectivity index (χ2n) is 4.07. The number of carbonyl (C=O) groups is 2. The lowest BCUT2D eigenvalue weighted by Gasteiger charge is -2.14. The quantitative estimate of drug-likeness (QED) is 0.831. The van der Waals surface area contributed by atoms with Crippen molar-refractivity contribution >= 4 is 33.4 Å². The van der Waals surface area contributed by atoms with E-state index in [0.29, 0.717) is 6.54 Å². The third-order valence-electron chi connectivity index (χ3n) is 2.57. The highest BCUT2D eigenvalue weighted by Gasteiger charge is 2.07. The molecule has 2 amide bonds. The van der Waals surface area contributed by atoms with Gasteiger partial charge < -0.3 is 10.2 Å². The minimum absolute atomic E-state index is 0.0299. The first-order valence-electron chi connectivity index (χ1n) is 6.03. The molecule has 0 aliphatic carbocycles. The van der Waals surface area contributed by atoms with Gasteiger partial charge in [-0.15, -0.1) is 0 Å². The number of rotatable bonds is 6. The van der Waals surface area contributed by atoms with Crippen LogP contribution in [0.25, 0.3) is 0 Å². The van der Waals surface area contributed by atoms with E-state index in [1.54, 1.807) is 18.0 Å². The SMILES string of the molecule is CCN(C)C(=O)CNCC(=O)Nc1cccc(Br)c1. The van der Waals surface area contributed by atoms with Crippen molar-refractivity contribution in [3.8, 4) is 0 Å². The van der Waals surface area contributed by atoms with Crippen LogP contribution in [0.2, 0.25) is 0 Å². The van der Waals surface area contributed by atoms with Crippen LogP contribution >= 0.6 is 15.9 Å². The topological polar surface area (TPSA) is 61.4 Å². The normalized spacial score (nSPS) is 10.1. The highest BCUT2D eigenvalue weighted by molar-refractivity contribution is 9.10. The number of benzene rings is 1. The van der Waals surface area contributed by atoms with Crippen LogP contribution in [0.15, 0.2) is 28.7 Å². The van der Waals surface area contributed by atoms with Crippen molar-refractivity contribution in [1.82, 2.24) is 10.2 Å². The number of likely N-dealkylation sites (N-methyl/N-ethyl adjacent to an activating group) is 1. The van der Waals surface area contributed by atoms with Crippen molar-refractivity contribution in [2.24, 2.45) is 0 Å². The third kappa shape index (κ3) is 5.85. The maximum absolute atomic E-state index is 11.6. The van der Waals surface area contributed by atoms with Gasteiger partial charge >= 0.3 is 0 Å². The van der Waals surface area contributed by atoms with E-state index in [1.165, 1.54) is 0 Å². The summed E-state index contributed by atoms with van der Waals surface area (Å²) in [6, 6.07) is 7.34. The van der Waals surface area contributed by atoms with Gasteiger partial charge in [0, 0.05) is 23.8 Å². The summed E-state index contributed by atoms with van der Waals surface area (Å²) in [6.07, 6.45) is 0. The van der Waals surface area contributed by atoms with E-state index in [9.17, 15) is 9.59 Å². The fourth-order valence-corrected chi connectivity index (χ4v) is 1.76. The fourth-order valence-electron chi connectivity index (χ4n) is 1.37. The van der Waals surface area contributed by atoms with Gasteiger partial charge in [0.15, 0.2) is 0 Å². The van der Waals surface area contributed by atoms with E-state index in [-0.39, 0.29) is 24.9 Å². The van der Waals surface area contributed by atoms with Gasteiger partial charge in [-0.2, -0.15) is 0 Å². The van der Waals surface area contributed by atoms with Crippen LogP contribution in [0.5, 0.6) is 0 Å². The maximum Gasteiger partial charge on any atom is 0.238 e. The van der Waals surface area contributed by atoms with E-state index in [4.69, 9.17) is 0 Å². The summed E-state index contributed by atoms with van der Waals surface area (Å²) >= 11 is 3.33. The molecule has 6 heteroatoms. The molecule has 2 N–H and O–H groups in total. The van der Waals surface area contributed by atoms with Crippen molar-refractivity contribution in [2.45, 2.75) is 6.92 Å².